The molecule has 2 bridgehead atoms. The standard InChI is InChI=1S/C31H36N2O3/c1-18-13-22-15-24-27(34)28(35)25(33(3)4)16-30(24)10-11-31(22,36-30)26-8-7-23(29(18,26)2)20-5-6-21-17-32-12-9-19(21)14-20/h5-7,9,12-15,17-18,25-28,34-35H,8,10-11,16H2,1-4H3/t18?,25-,26?,27+,28+,29+,30+,31+/m0/s1. The fraction of sp³-hybridized carbons (Fsp3) is 0.516. The van der Waals surface area contributed by atoms with Crippen molar-refractivity contribution in [2.75, 3.05) is 14.1 Å². The Hall–Kier alpha value is -2.31. The minimum Gasteiger partial charge on any atom is -0.388 e. The molecule has 2 N–H and O–H groups in total. The minimum absolute atomic E-state index is 0.0468. The maximum Gasteiger partial charge on any atom is 0.105 e. The molecule has 2 unspecified atom stereocenters. The Kier molecular flexibility index (Phi) is 4.69. The van der Waals surface area contributed by atoms with Crippen molar-refractivity contribution in [1.82, 2.24) is 9.88 Å². The van der Waals surface area contributed by atoms with Crippen LogP contribution >= 0.6 is 0 Å². The zero-order valence-corrected chi connectivity index (χ0v) is 21.6. The molecule has 1 aromatic carbocycles. The zero-order chi connectivity index (χ0) is 25.0. The molecule has 3 aliphatic carbocycles. The summed E-state index contributed by atoms with van der Waals surface area (Å²) in [7, 11) is 3.97. The third-order valence-electron chi connectivity index (χ3n) is 10.6. The molecule has 5 heteroatoms. The molecule has 1 saturated heterocycles. The van der Waals surface area contributed by atoms with E-state index in [4.69, 9.17) is 4.74 Å². The molecular weight excluding hydrogens is 448 g/mol. The largest absolute Gasteiger partial charge is 0.388 e. The van der Waals surface area contributed by atoms with E-state index < -0.39 is 17.8 Å². The molecule has 1 saturated carbocycles. The second kappa shape index (κ2) is 7.38. The highest BCUT2D eigenvalue weighted by molar-refractivity contribution is 5.87. The number of aliphatic hydroxyl groups is 2. The molecule has 2 aromatic rings. The first kappa shape index (κ1) is 22.9. The van der Waals surface area contributed by atoms with Crippen molar-refractivity contribution in [3.8, 4) is 0 Å². The lowest BCUT2D eigenvalue weighted by Gasteiger charge is -2.57. The van der Waals surface area contributed by atoms with Gasteiger partial charge in [0.25, 0.3) is 0 Å². The van der Waals surface area contributed by atoms with Gasteiger partial charge in [0.05, 0.1) is 17.3 Å². The van der Waals surface area contributed by atoms with Gasteiger partial charge >= 0.3 is 0 Å². The van der Waals surface area contributed by atoms with E-state index in [0.717, 1.165) is 31.3 Å². The van der Waals surface area contributed by atoms with Crippen LogP contribution in [0.1, 0.15) is 45.1 Å². The van der Waals surface area contributed by atoms with Crippen LogP contribution in [0, 0.1) is 17.3 Å². The second-order valence-electron chi connectivity index (χ2n) is 12.3. The summed E-state index contributed by atoms with van der Waals surface area (Å²) in [5, 5.41) is 24.5. The van der Waals surface area contributed by atoms with E-state index in [0.29, 0.717) is 11.8 Å². The third-order valence-corrected chi connectivity index (χ3v) is 10.6. The Morgan fingerprint density at radius 3 is 2.75 bits per heavy atom. The normalized spacial score (nSPS) is 43.0. The lowest BCUT2D eigenvalue weighted by Crippen LogP contribution is -2.62. The first-order valence-electron chi connectivity index (χ1n) is 13.4. The predicted molar refractivity (Wildman–Crippen MR) is 141 cm³/mol. The highest BCUT2D eigenvalue weighted by Gasteiger charge is 2.68. The summed E-state index contributed by atoms with van der Waals surface area (Å²) in [5.41, 5.74) is 3.94. The van der Waals surface area contributed by atoms with Crippen molar-refractivity contribution in [2.45, 2.75) is 69.0 Å². The van der Waals surface area contributed by atoms with E-state index in [9.17, 15) is 10.2 Å². The van der Waals surface area contributed by atoms with Crippen LogP contribution in [0.5, 0.6) is 0 Å². The number of aliphatic hydroxyl groups excluding tert-OH is 2. The number of aromatic nitrogens is 1. The van der Waals surface area contributed by atoms with Crippen LogP contribution in [0.4, 0.5) is 0 Å². The van der Waals surface area contributed by atoms with Crippen molar-refractivity contribution in [3.63, 3.8) is 0 Å². The van der Waals surface area contributed by atoms with Crippen molar-refractivity contribution in [3.05, 3.63) is 71.6 Å². The van der Waals surface area contributed by atoms with E-state index in [2.05, 4.69) is 61.3 Å². The first-order valence-corrected chi connectivity index (χ1v) is 13.4. The zero-order valence-electron chi connectivity index (χ0n) is 21.6. The predicted octanol–water partition coefficient (Wildman–Crippen LogP) is 4.50. The summed E-state index contributed by atoms with van der Waals surface area (Å²) in [6.45, 7) is 4.77. The van der Waals surface area contributed by atoms with Crippen LogP contribution in [-0.2, 0) is 4.74 Å². The minimum atomic E-state index is -0.892. The maximum absolute atomic E-state index is 11.2. The summed E-state index contributed by atoms with van der Waals surface area (Å²) in [5.74, 6) is 0.654. The van der Waals surface area contributed by atoms with Gasteiger partial charge in [-0.15, -0.1) is 0 Å². The Morgan fingerprint density at radius 2 is 1.94 bits per heavy atom. The molecule has 3 heterocycles. The molecule has 2 fully saturated rings. The van der Waals surface area contributed by atoms with Crippen LogP contribution in [-0.4, -0.2) is 63.6 Å². The fourth-order valence-corrected chi connectivity index (χ4v) is 8.51. The molecule has 188 valence electrons. The lowest BCUT2D eigenvalue weighted by molar-refractivity contribution is -0.165. The SMILES string of the molecule is CC1C=C2C=C3[C@@H](O)[C@H](O)[C@@H](N(C)C)C[C@]34CC[C@]2(O4)C2CC=C(c3ccc4cnccc4c3)[C@@]12C. The van der Waals surface area contributed by atoms with Crippen molar-refractivity contribution < 1.29 is 14.9 Å². The van der Waals surface area contributed by atoms with Crippen LogP contribution in [0.15, 0.2) is 66.0 Å². The van der Waals surface area contributed by atoms with Gasteiger partial charge in [0.2, 0.25) is 0 Å². The fourth-order valence-electron chi connectivity index (χ4n) is 8.51. The number of ether oxygens (including phenoxy) is 1. The Labute approximate surface area is 213 Å². The average molecular weight is 485 g/mol. The first-order chi connectivity index (χ1) is 17.2. The molecule has 5 aliphatic rings. The summed E-state index contributed by atoms with van der Waals surface area (Å²) >= 11 is 0. The van der Waals surface area contributed by atoms with E-state index >= 15 is 0 Å². The molecule has 2 spiro atoms. The number of hydrogen-bond donors (Lipinski definition) is 2. The molecule has 0 amide bonds. The monoisotopic (exact) mass is 484 g/mol. The van der Waals surface area contributed by atoms with Crippen LogP contribution in [0.25, 0.3) is 16.3 Å². The van der Waals surface area contributed by atoms with E-state index in [-0.39, 0.29) is 17.1 Å². The third kappa shape index (κ3) is 2.72. The summed E-state index contributed by atoms with van der Waals surface area (Å²) in [6.07, 6.45) is 12.7. The van der Waals surface area contributed by atoms with Gasteiger partial charge in [-0.2, -0.15) is 0 Å². The number of pyridine rings is 1. The van der Waals surface area contributed by atoms with Gasteiger partial charge in [0, 0.05) is 35.2 Å². The molecular formula is C31H36N2O3. The van der Waals surface area contributed by atoms with Crippen molar-refractivity contribution in [1.29, 1.82) is 0 Å². The van der Waals surface area contributed by atoms with Gasteiger partial charge < -0.3 is 19.8 Å². The smallest absolute Gasteiger partial charge is 0.105 e. The summed E-state index contributed by atoms with van der Waals surface area (Å²) in [4.78, 5) is 6.32. The summed E-state index contributed by atoms with van der Waals surface area (Å²) in [6, 6.07) is 8.72. The highest BCUT2D eigenvalue weighted by atomic mass is 16.5. The highest BCUT2D eigenvalue weighted by Crippen LogP contribution is 2.69. The topological polar surface area (TPSA) is 65.8 Å². The average Bonchev–Trinajstić information content (AvgIpc) is 3.39. The second-order valence-corrected chi connectivity index (χ2v) is 12.3. The van der Waals surface area contributed by atoms with Crippen LogP contribution < -0.4 is 0 Å². The van der Waals surface area contributed by atoms with Gasteiger partial charge in [-0.1, -0.05) is 44.2 Å². The van der Waals surface area contributed by atoms with E-state index in [1.54, 1.807) is 0 Å². The number of nitrogens with zero attached hydrogens (tertiary/aromatic N) is 2. The number of rotatable bonds is 2. The number of fused-ring (bicyclic) bond motifs is 2. The van der Waals surface area contributed by atoms with Gasteiger partial charge in [-0.05, 0) is 85.5 Å². The van der Waals surface area contributed by atoms with Gasteiger partial charge in [0.15, 0.2) is 0 Å². The van der Waals surface area contributed by atoms with Gasteiger partial charge in [0.1, 0.15) is 6.10 Å². The quantitative estimate of drug-likeness (QED) is 0.657. The molecule has 0 radical (unpaired) electrons. The van der Waals surface area contributed by atoms with E-state index in [1.807, 2.05) is 31.4 Å². The molecule has 7 rings (SSSR count). The number of hydrogen-bond acceptors (Lipinski definition) is 5. The lowest BCUT2D eigenvalue weighted by atomic mass is 9.54. The molecule has 1 aromatic heterocycles. The Balaban J connectivity index is 1.33. The number of likely N-dealkylation sites (N-methyl/N-ethyl adjacent to an activating group) is 1. The van der Waals surface area contributed by atoms with Gasteiger partial charge in [-0.25, -0.2) is 0 Å². The Morgan fingerprint density at radius 1 is 1.11 bits per heavy atom. The number of allylic oxidation sites excluding steroid dienone is 3. The maximum atomic E-state index is 11.2. The molecule has 8 atom stereocenters. The van der Waals surface area contributed by atoms with Crippen LogP contribution in [0.3, 0.4) is 0 Å². The molecule has 36 heavy (non-hydrogen) atoms. The molecule has 2 aliphatic heterocycles. The van der Waals surface area contributed by atoms with Crippen molar-refractivity contribution in [2.24, 2.45) is 17.3 Å². The van der Waals surface area contributed by atoms with Gasteiger partial charge in [-0.3, -0.25) is 4.98 Å². The summed E-state index contributed by atoms with van der Waals surface area (Å²) < 4.78 is 7.29. The molecule has 5 nitrogen and oxygen atoms in total. The van der Waals surface area contributed by atoms with Crippen LogP contribution in [0.2, 0.25) is 0 Å². The van der Waals surface area contributed by atoms with E-state index in [1.165, 1.54) is 27.5 Å². The number of benzene rings is 1. The van der Waals surface area contributed by atoms with Crippen molar-refractivity contribution >= 4 is 16.3 Å². The Bertz CT molecular complexity index is 1360.